The second-order valence-corrected chi connectivity index (χ2v) is 9.16. The molecule has 1 amide bonds. The summed E-state index contributed by atoms with van der Waals surface area (Å²) in [5, 5.41) is 3.90. The van der Waals surface area contributed by atoms with Crippen molar-refractivity contribution in [3.8, 4) is 16.3 Å². The van der Waals surface area contributed by atoms with Crippen molar-refractivity contribution in [2.75, 3.05) is 19.8 Å². The number of aromatic nitrogens is 3. The molecule has 1 N–H and O–H groups in total. The molecule has 1 saturated heterocycles. The first-order valence-electron chi connectivity index (χ1n) is 10.9. The maximum atomic E-state index is 13.1. The van der Waals surface area contributed by atoms with E-state index in [0.29, 0.717) is 36.1 Å². The number of aryl methyl sites for hydroxylation is 2. The summed E-state index contributed by atoms with van der Waals surface area (Å²) in [6.45, 7) is 7.95. The van der Waals surface area contributed by atoms with Crippen LogP contribution in [0.25, 0.3) is 10.6 Å². The van der Waals surface area contributed by atoms with Gasteiger partial charge in [-0.15, -0.1) is 11.3 Å². The van der Waals surface area contributed by atoms with Gasteiger partial charge in [0, 0.05) is 40.9 Å². The Bertz CT molecular complexity index is 1060. The van der Waals surface area contributed by atoms with E-state index >= 15 is 0 Å². The van der Waals surface area contributed by atoms with Gasteiger partial charge in [-0.2, -0.15) is 0 Å². The SMILES string of the molecule is CCc1cnc(-c2cc(OCC3CCOC3)cc(C(=O)N[C@H](C)c3cnc(C)cn3)c2)s1. The number of benzene rings is 1. The first-order valence-corrected chi connectivity index (χ1v) is 11.7. The third-order valence-electron chi connectivity index (χ3n) is 5.42. The van der Waals surface area contributed by atoms with Crippen molar-refractivity contribution < 1.29 is 14.3 Å². The standard InChI is InChI=1S/C24H28N4O3S/c1-4-21-11-27-24(32-21)19-7-18(8-20(9-19)31-14-17-5-6-30-13-17)23(29)28-16(3)22-12-25-15(2)10-26-22/h7-12,16-17H,4-6,13-14H2,1-3H3,(H,28,29)/t16-,17?/m1/s1. The van der Waals surface area contributed by atoms with Crippen molar-refractivity contribution in [1.82, 2.24) is 20.3 Å². The van der Waals surface area contributed by atoms with Crippen LogP contribution < -0.4 is 10.1 Å². The number of hydrogen-bond donors (Lipinski definition) is 1. The Kier molecular flexibility index (Phi) is 7.12. The number of nitrogens with one attached hydrogen (secondary N) is 1. The zero-order valence-electron chi connectivity index (χ0n) is 18.6. The Morgan fingerprint density at radius 3 is 2.81 bits per heavy atom. The maximum Gasteiger partial charge on any atom is 0.251 e. The molecule has 1 fully saturated rings. The van der Waals surface area contributed by atoms with E-state index in [-0.39, 0.29) is 11.9 Å². The van der Waals surface area contributed by atoms with Crippen LogP contribution in [-0.4, -0.2) is 40.7 Å². The number of nitrogens with zero attached hydrogens (tertiary/aromatic N) is 3. The molecule has 0 aliphatic carbocycles. The fourth-order valence-electron chi connectivity index (χ4n) is 3.45. The van der Waals surface area contributed by atoms with Crippen molar-refractivity contribution in [2.45, 2.75) is 39.7 Å². The molecule has 1 aliphatic rings. The molecule has 4 rings (SSSR count). The van der Waals surface area contributed by atoms with Crippen molar-refractivity contribution in [3.63, 3.8) is 0 Å². The molecule has 1 unspecified atom stereocenters. The van der Waals surface area contributed by atoms with Gasteiger partial charge in [-0.25, -0.2) is 4.98 Å². The van der Waals surface area contributed by atoms with Crippen LogP contribution in [-0.2, 0) is 11.2 Å². The largest absolute Gasteiger partial charge is 0.493 e. The number of thiazole rings is 1. The van der Waals surface area contributed by atoms with Crippen LogP contribution in [0.5, 0.6) is 5.75 Å². The highest BCUT2D eigenvalue weighted by atomic mass is 32.1. The summed E-state index contributed by atoms with van der Waals surface area (Å²) in [4.78, 5) is 27.5. The van der Waals surface area contributed by atoms with Gasteiger partial charge in [0.05, 0.1) is 36.8 Å². The minimum Gasteiger partial charge on any atom is -0.493 e. The summed E-state index contributed by atoms with van der Waals surface area (Å²) < 4.78 is 11.5. The Hall–Kier alpha value is -2.84. The Labute approximate surface area is 192 Å². The summed E-state index contributed by atoms with van der Waals surface area (Å²) in [6, 6.07) is 5.34. The van der Waals surface area contributed by atoms with Gasteiger partial charge in [0.1, 0.15) is 10.8 Å². The molecule has 8 heteroatoms. The summed E-state index contributed by atoms with van der Waals surface area (Å²) in [6.07, 6.45) is 7.20. The third kappa shape index (κ3) is 5.49. The molecule has 3 aromatic rings. The highest BCUT2D eigenvalue weighted by Gasteiger charge is 2.19. The molecule has 0 saturated carbocycles. The summed E-state index contributed by atoms with van der Waals surface area (Å²) in [5.41, 5.74) is 2.96. The average Bonchev–Trinajstić information content (AvgIpc) is 3.50. The zero-order chi connectivity index (χ0) is 22.5. The molecule has 7 nitrogen and oxygen atoms in total. The zero-order valence-corrected chi connectivity index (χ0v) is 19.4. The number of amides is 1. The summed E-state index contributed by atoms with van der Waals surface area (Å²) in [7, 11) is 0. The highest BCUT2D eigenvalue weighted by molar-refractivity contribution is 7.15. The lowest BCUT2D eigenvalue weighted by Gasteiger charge is -2.15. The van der Waals surface area contributed by atoms with Crippen LogP contribution >= 0.6 is 11.3 Å². The van der Waals surface area contributed by atoms with E-state index in [4.69, 9.17) is 9.47 Å². The normalized spacial score (nSPS) is 16.7. The summed E-state index contributed by atoms with van der Waals surface area (Å²) in [5.74, 6) is 0.848. The number of carbonyl (C=O) groups excluding carboxylic acids is 1. The van der Waals surface area contributed by atoms with Crippen LogP contribution in [0.3, 0.4) is 0 Å². The lowest BCUT2D eigenvalue weighted by Crippen LogP contribution is -2.27. The van der Waals surface area contributed by atoms with E-state index in [1.54, 1.807) is 29.8 Å². The van der Waals surface area contributed by atoms with Gasteiger partial charge < -0.3 is 14.8 Å². The second-order valence-electron chi connectivity index (χ2n) is 8.05. The van der Waals surface area contributed by atoms with Gasteiger partial charge in [0.15, 0.2) is 0 Å². The second kappa shape index (κ2) is 10.2. The first-order chi connectivity index (χ1) is 15.5. The van der Waals surface area contributed by atoms with Crippen LogP contribution in [0.1, 0.15) is 52.9 Å². The quantitative estimate of drug-likeness (QED) is 0.546. The average molecular weight is 453 g/mol. The predicted molar refractivity (Wildman–Crippen MR) is 124 cm³/mol. The molecule has 0 bridgehead atoms. The molecule has 2 atom stereocenters. The Balaban J connectivity index is 1.56. The van der Waals surface area contributed by atoms with Gasteiger partial charge in [-0.1, -0.05) is 6.92 Å². The molecule has 1 aromatic carbocycles. The number of rotatable bonds is 8. The molecular weight excluding hydrogens is 424 g/mol. The number of carbonyl (C=O) groups is 1. The fraction of sp³-hybridized carbons (Fsp3) is 0.417. The summed E-state index contributed by atoms with van der Waals surface area (Å²) >= 11 is 1.63. The topological polar surface area (TPSA) is 86.2 Å². The molecule has 3 heterocycles. The van der Waals surface area contributed by atoms with Crippen LogP contribution in [0.4, 0.5) is 0 Å². The van der Waals surface area contributed by atoms with Crippen molar-refractivity contribution >= 4 is 17.2 Å². The van der Waals surface area contributed by atoms with Crippen LogP contribution in [0.2, 0.25) is 0 Å². The van der Waals surface area contributed by atoms with Crippen molar-refractivity contribution in [2.24, 2.45) is 5.92 Å². The van der Waals surface area contributed by atoms with Gasteiger partial charge in [-0.3, -0.25) is 14.8 Å². The molecule has 168 valence electrons. The Morgan fingerprint density at radius 1 is 1.25 bits per heavy atom. The molecule has 1 aliphatic heterocycles. The third-order valence-corrected chi connectivity index (χ3v) is 6.61. The molecule has 2 aromatic heterocycles. The minimum absolute atomic E-state index is 0.192. The predicted octanol–water partition coefficient (Wildman–Crippen LogP) is 4.38. The molecule has 0 spiro atoms. The number of ether oxygens (including phenoxy) is 2. The van der Waals surface area contributed by atoms with Gasteiger partial charge in [-0.05, 0) is 44.9 Å². The lowest BCUT2D eigenvalue weighted by molar-refractivity contribution is 0.0938. The highest BCUT2D eigenvalue weighted by Crippen LogP contribution is 2.30. The maximum absolute atomic E-state index is 13.1. The molecular formula is C24H28N4O3S. The van der Waals surface area contributed by atoms with Crippen LogP contribution in [0.15, 0.2) is 36.8 Å². The van der Waals surface area contributed by atoms with E-state index in [0.717, 1.165) is 35.7 Å². The van der Waals surface area contributed by atoms with Gasteiger partial charge >= 0.3 is 0 Å². The lowest BCUT2D eigenvalue weighted by atomic mass is 10.1. The smallest absolute Gasteiger partial charge is 0.251 e. The van der Waals surface area contributed by atoms with Crippen molar-refractivity contribution in [1.29, 1.82) is 0 Å². The van der Waals surface area contributed by atoms with E-state index in [1.807, 2.05) is 32.2 Å². The van der Waals surface area contributed by atoms with Gasteiger partial charge in [0.2, 0.25) is 0 Å². The monoisotopic (exact) mass is 452 g/mol. The fourth-order valence-corrected chi connectivity index (χ4v) is 4.29. The van der Waals surface area contributed by atoms with Crippen molar-refractivity contribution in [3.05, 3.63) is 58.6 Å². The first kappa shape index (κ1) is 22.4. The van der Waals surface area contributed by atoms with E-state index in [2.05, 4.69) is 27.2 Å². The Morgan fingerprint density at radius 2 is 2.12 bits per heavy atom. The van der Waals surface area contributed by atoms with E-state index < -0.39 is 0 Å². The van der Waals surface area contributed by atoms with Crippen LogP contribution in [0, 0.1) is 12.8 Å². The molecule has 0 radical (unpaired) electrons. The van der Waals surface area contributed by atoms with E-state index in [9.17, 15) is 4.79 Å². The number of hydrogen-bond acceptors (Lipinski definition) is 7. The van der Waals surface area contributed by atoms with E-state index in [1.165, 1.54) is 4.88 Å². The minimum atomic E-state index is -0.272. The van der Waals surface area contributed by atoms with Gasteiger partial charge in [0.25, 0.3) is 5.91 Å². The molecule has 32 heavy (non-hydrogen) atoms.